The molecule has 35 heavy (non-hydrogen) atoms. The summed E-state index contributed by atoms with van der Waals surface area (Å²) in [6, 6.07) is 12.3. The summed E-state index contributed by atoms with van der Waals surface area (Å²) >= 11 is 0. The number of amides is 1. The number of hydrogen-bond donors (Lipinski definition) is 1. The Morgan fingerprint density at radius 3 is 2.43 bits per heavy atom. The predicted octanol–water partition coefficient (Wildman–Crippen LogP) is 4.09. The van der Waals surface area contributed by atoms with Crippen LogP contribution in [0, 0.1) is 6.92 Å². The average molecular weight is 475 g/mol. The second kappa shape index (κ2) is 9.36. The standard InChI is InChI=1S/C28H38N6O/c1-19-25-22(17-23(21-11-12-21)29-26(25)34(31-19)28(2,3)4)27(35)30-24(20-9-7-6-8-10-20)18-33-15-13-32(5)14-16-33/h6-10,17,21,24H,11-16,18H2,1-5H3,(H,30,35). The van der Waals surface area contributed by atoms with Gasteiger partial charge in [-0.3, -0.25) is 9.69 Å². The molecule has 1 aliphatic carbocycles. The van der Waals surface area contributed by atoms with Gasteiger partial charge in [0.15, 0.2) is 5.65 Å². The molecule has 0 radical (unpaired) electrons. The lowest BCUT2D eigenvalue weighted by atomic mass is 10.0. The SMILES string of the molecule is Cc1nn(C(C)(C)C)c2nc(C3CC3)cc(C(=O)NC(CN3CCN(C)CC3)c3ccccc3)c12. The van der Waals surface area contributed by atoms with Crippen LogP contribution in [0.4, 0.5) is 0 Å². The number of likely N-dealkylation sites (N-methyl/N-ethyl adjacent to an activating group) is 1. The summed E-state index contributed by atoms with van der Waals surface area (Å²) in [5.41, 5.74) is 4.30. The molecule has 186 valence electrons. The minimum Gasteiger partial charge on any atom is -0.344 e. The van der Waals surface area contributed by atoms with Crippen molar-refractivity contribution >= 4 is 16.9 Å². The van der Waals surface area contributed by atoms with Gasteiger partial charge >= 0.3 is 0 Å². The largest absolute Gasteiger partial charge is 0.344 e. The summed E-state index contributed by atoms with van der Waals surface area (Å²) < 4.78 is 1.99. The fraction of sp³-hybridized carbons (Fsp3) is 0.536. The van der Waals surface area contributed by atoms with E-state index in [1.54, 1.807) is 0 Å². The number of fused-ring (bicyclic) bond motifs is 1. The van der Waals surface area contributed by atoms with E-state index in [9.17, 15) is 4.79 Å². The van der Waals surface area contributed by atoms with Crippen LogP contribution in [-0.4, -0.2) is 70.2 Å². The predicted molar refractivity (Wildman–Crippen MR) is 140 cm³/mol. The Morgan fingerprint density at radius 2 is 1.80 bits per heavy atom. The quantitative estimate of drug-likeness (QED) is 0.583. The summed E-state index contributed by atoms with van der Waals surface area (Å²) in [4.78, 5) is 23.8. The third-order valence-corrected chi connectivity index (χ3v) is 7.25. The lowest BCUT2D eigenvalue weighted by molar-refractivity contribution is 0.0908. The van der Waals surface area contributed by atoms with Crippen molar-refractivity contribution < 1.29 is 4.79 Å². The maximum absolute atomic E-state index is 13.9. The van der Waals surface area contributed by atoms with Gasteiger partial charge in [-0.1, -0.05) is 30.3 Å². The van der Waals surface area contributed by atoms with Crippen molar-refractivity contribution in [2.24, 2.45) is 0 Å². The minimum atomic E-state index is -0.219. The van der Waals surface area contributed by atoms with Gasteiger partial charge in [0.05, 0.1) is 28.2 Å². The highest BCUT2D eigenvalue weighted by Gasteiger charge is 2.31. The number of hydrogen-bond acceptors (Lipinski definition) is 5. The Labute approximate surface area is 208 Å². The number of aryl methyl sites for hydroxylation is 1. The van der Waals surface area contributed by atoms with Crippen molar-refractivity contribution in [2.75, 3.05) is 39.8 Å². The van der Waals surface area contributed by atoms with Gasteiger partial charge in [0.25, 0.3) is 5.91 Å². The van der Waals surface area contributed by atoms with E-state index in [2.05, 4.69) is 55.1 Å². The number of aromatic nitrogens is 3. The molecular weight excluding hydrogens is 436 g/mol. The summed E-state index contributed by atoms with van der Waals surface area (Å²) in [7, 11) is 2.17. The van der Waals surface area contributed by atoms with Crippen molar-refractivity contribution in [3.05, 3.63) is 58.9 Å². The zero-order valence-corrected chi connectivity index (χ0v) is 21.7. The highest BCUT2D eigenvalue weighted by molar-refractivity contribution is 6.06. The van der Waals surface area contributed by atoms with Gasteiger partial charge in [-0.2, -0.15) is 5.10 Å². The van der Waals surface area contributed by atoms with Crippen LogP contribution in [0.15, 0.2) is 36.4 Å². The van der Waals surface area contributed by atoms with Gasteiger partial charge in [-0.25, -0.2) is 9.67 Å². The molecule has 1 unspecified atom stereocenters. The second-order valence-electron chi connectivity index (χ2n) is 11.3. The smallest absolute Gasteiger partial charge is 0.252 e. The second-order valence-corrected chi connectivity index (χ2v) is 11.3. The minimum absolute atomic E-state index is 0.0427. The van der Waals surface area contributed by atoms with E-state index in [0.717, 1.165) is 73.6 Å². The van der Waals surface area contributed by atoms with E-state index < -0.39 is 0 Å². The summed E-state index contributed by atoms with van der Waals surface area (Å²) in [5, 5.41) is 9.10. The topological polar surface area (TPSA) is 66.3 Å². The molecule has 1 amide bonds. The molecular formula is C28H38N6O. The normalized spacial score (nSPS) is 18.7. The van der Waals surface area contributed by atoms with Gasteiger partial charge in [0.1, 0.15) is 0 Å². The van der Waals surface area contributed by atoms with Crippen LogP contribution in [0.25, 0.3) is 11.0 Å². The van der Waals surface area contributed by atoms with Crippen LogP contribution in [0.5, 0.6) is 0 Å². The first kappa shape index (κ1) is 23.9. The lowest BCUT2D eigenvalue weighted by Gasteiger charge is -2.35. The fourth-order valence-corrected chi connectivity index (χ4v) is 4.99. The molecule has 1 N–H and O–H groups in total. The average Bonchev–Trinajstić information content (AvgIpc) is 3.62. The van der Waals surface area contributed by atoms with Crippen LogP contribution in [0.3, 0.4) is 0 Å². The molecule has 1 saturated carbocycles. The van der Waals surface area contributed by atoms with E-state index in [0.29, 0.717) is 11.5 Å². The third kappa shape index (κ3) is 5.11. The molecule has 7 nitrogen and oxygen atoms in total. The lowest BCUT2D eigenvalue weighted by Crippen LogP contribution is -2.47. The molecule has 3 aromatic rings. The molecule has 5 rings (SSSR count). The van der Waals surface area contributed by atoms with Crippen molar-refractivity contribution in [3.8, 4) is 0 Å². The van der Waals surface area contributed by atoms with E-state index in [1.807, 2.05) is 35.9 Å². The Kier molecular flexibility index (Phi) is 6.40. The number of pyridine rings is 1. The van der Waals surface area contributed by atoms with E-state index in [4.69, 9.17) is 10.1 Å². The molecule has 3 heterocycles. The Bertz CT molecular complexity index is 1200. The maximum Gasteiger partial charge on any atom is 0.252 e. The zero-order valence-electron chi connectivity index (χ0n) is 21.7. The first-order valence-electron chi connectivity index (χ1n) is 12.9. The van der Waals surface area contributed by atoms with Crippen LogP contribution in [0.1, 0.15) is 72.9 Å². The van der Waals surface area contributed by atoms with Crippen LogP contribution in [0.2, 0.25) is 0 Å². The van der Waals surface area contributed by atoms with Crippen LogP contribution < -0.4 is 5.32 Å². The molecule has 1 aromatic carbocycles. The molecule has 1 aliphatic heterocycles. The molecule has 2 fully saturated rings. The monoisotopic (exact) mass is 474 g/mol. The first-order chi connectivity index (χ1) is 16.7. The zero-order chi connectivity index (χ0) is 24.7. The highest BCUT2D eigenvalue weighted by Crippen LogP contribution is 2.41. The van der Waals surface area contributed by atoms with Crippen LogP contribution in [-0.2, 0) is 5.54 Å². The van der Waals surface area contributed by atoms with Crippen molar-refractivity contribution in [2.45, 2.75) is 58.0 Å². The fourth-order valence-electron chi connectivity index (χ4n) is 4.99. The molecule has 0 spiro atoms. The molecule has 0 bridgehead atoms. The summed E-state index contributed by atoms with van der Waals surface area (Å²) in [5.74, 6) is 0.406. The number of nitrogens with zero attached hydrogens (tertiary/aromatic N) is 5. The first-order valence-corrected chi connectivity index (χ1v) is 12.9. The molecule has 1 saturated heterocycles. The van der Waals surface area contributed by atoms with Crippen molar-refractivity contribution in [3.63, 3.8) is 0 Å². The van der Waals surface area contributed by atoms with Gasteiger partial charge in [-0.05, 0) is 59.2 Å². The Balaban J connectivity index is 1.50. The summed E-state index contributed by atoms with van der Waals surface area (Å²) in [6.45, 7) is 13.3. The third-order valence-electron chi connectivity index (χ3n) is 7.25. The van der Waals surface area contributed by atoms with Crippen molar-refractivity contribution in [1.82, 2.24) is 29.9 Å². The van der Waals surface area contributed by atoms with Gasteiger partial charge in [-0.15, -0.1) is 0 Å². The van der Waals surface area contributed by atoms with E-state index in [-0.39, 0.29) is 17.5 Å². The van der Waals surface area contributed by atoms with Crippen LogP contribution >= 0.6 is 0 Å². The maximum atomic E-state index is 13.9. The number of benzene rings is 1. The van der Waals surface area contributed by atoms with Gasteiger partial charge in [0, 0.05) is 44.3 Å². The Hall–Kier alpha value is -2.77. The van der Waals surface area contributed by atoms with Gasteiger partial charge in [0.2, 0.25) is 0 Å². The Morgan fingerprint density at radius 1 is 1.11 bits per heavy atom. The number of nitrogens with one attached hydrogen (secondary N) is 1. The number of rotatable bonds is 6. The van der Waals surface area contributed by atoms with Gasteiger partial charge < -0.3 is 10.2 Å². The number of piperazine rings is 1. The summed E-state index contributed by atoms with van der Waals surface area (Å²) in [6.07, 6.45) is 2.27. The van der Waals surface area contributed by atoms with Crippen molar-refractivity contribution in [1.29, 1.82) is 0 Å². The molecule has 7 heteroatoms. The molecule has 2 aliphatic rings. The number of carbonyl (C=O) groups excluding carboxylic acids is 1. The van der Waals surface area contributed by atoms with E-state index >= 15 is 0 Å². The molecule has 1 atom stereocenters. The van der Waals surface area contributed by atoms with E-state index in [1.165, 1.54) is 0 Å². The highest BCUT2D eigenvalue weighted by atomic mass is 16.1. The molecule has 2 aromatic heterocycles. The number of carbonyl (C=O) groups is 1.